The zero-order valence-corrected chi connectivity index (χ0v) is 13.5. The molecule has 0 bridgehead atoms. The summed E-state index contributed by atoms with van der Waals surface area (Å²) in [5.41, 5.74) is 1.24. The molecule has 0 radical (unpaired) electrons. The average molecular weight is 312 g/mol. The Bertz CT molecular complexity index is 589. The van der Waals surface area contributed by atoms with E-state index in [9.17, 15) is 9.59 Å². The Kier molecular flexibility index (Phi) is 3.83. The van der Waals surface area contributed by atoms with Crippen LogP contribution >= 0.6 is 0 Å². The van der Waals surface area contributed by atoms with Gasteiger partial charge in [0.2, 0.25) is 11.8 Å². The number of piperidine rings is 1. The fourth-order valence-corrected chi connectivity index (χ4v) is 3.84. The summed E-state index contributed by atoms with van der Waals surface area (Å²) >= 11 is 0. The second-order valence-corrected chi connectivity index (χ2v) is 7.12. The van der Waals surface area contributed by atoms with Crippen molar-refractivity contribution in [1.29, 1.82) is 0 Å². The molecule has 2 aliphatic heterocycles. The summed E-state index contributed by atoms with van der Waals surface area (Å²) in [7, 11) is 0. The molecule has 1 aliphatic carbocycles. The number of carbonyl (C=O) groups is 2. The standard InChI is InChI=1S/C19H24N2O2/c22-18(15-6-7-15)20-11-8-16(9-12-20)19(23)21-13-10-17(21)14-4-2-1-3-5-14/h1-5,15-17H,6-13H2/t17-/m0/s1. The smallest absolute Gasteiger partial charge is 0.226 e. The number of hydrogen-bond donors (Lipinski definition) is 0. The van der Waals surface area contributed by atoms with Gasteiger partial charge < -0.3 is 9.80 Å². The third kappa shape index (κ3) is 2.87. The molecule has 1 saturated carbocycles. The first-order valence-corrected chi connectivity index (χ1v) is 8.88. The number of carbonyl (C=O) groups excluding carboxylic acids is 2. The largest absolute Gasteiger partial charge is 0.342 e. The Labute approximate surface area is 137 Å². The highest BCUT2D eigenvalue weighted by molar-refractivity contribution is 5.83. The number of likely N-dealkylation sites (tertiary alicyclic amines) is 2. The van der Waals surface area contributed by atoms with Crippen molar-refractivity contribution in [3.05, 3.63) is 35.9 Å². The molecule has 2 saturated heterocycles. The first-order chi connectivity index (χ1) is 11.2. The van der Waals surface area contributed by atoms with Crippen LogP contribution in [0, 0.1) is 11.8 Å². The van der Waals surface area contributed by atoms with E-state index in [0.717, 1.165) is 51.7 Å². The zero-order chi connectivity index (χ0) is 15.8. The molecule has 1 atom stereocenters. The molecule has 2 heterocycles. The molecule has 4 rings (SSSR count). The topological polar surface area (TPSA) is 40.6 Å². The third-order valence-corrected chi connectivity index (χ3v) is 5.57. The maximum Gasteiger partial charge on any atom is 0.226 e. The van der Waals surface area contributed by atoms with Crippen LogP contribution in [0.25, 0.3) is 0 Å². The van der Waals surface area contributed by atoms with E-state index in [1.807, 2.05) is 28.0 Å². The Morgan fingerprint density at radius 1 is 0.783 bits per heavy atom. The van der Waals surface area contributed by atoms with Crippen molar-refractivity contribution in [2.24, 2.45) is 11.8 Å². The van der Waals surface area contributed by atoms with E-state index < -0.39 is 0 Å². The molecule has 0 unspecified atom stereocenters. The summed E-state index contributed by atoms with van der Waals surface area (Å²) in [6, 6.07) is 10.6. The highest BCUT2D eigenvalue weighted by Crippen LogP contribution is 2.37. The minimum absolute atomic E-state index is 0.102. The fraction of sp³-hybridized carbons (Fsp3) is 0.579. The van der Waals surface area contributed by atoms with Crippen molar-refractivity contribution in [3.63, 3.8) is 0 Å². The Balaban J connectivity index is 1.34. The number of rotatable bonds is 3. The van der Waals surface area contributed by atoms with E-state index in [1.54, 1.807) is 0 Å². The molecular formula is C19H24N2O2. The molecule has 3 fully saturated rings. The van der Waals surface area contributed by atoms with E-state index in [0.29, 0.717) is 17.7 Å². The minimum Gasteiger partial charge on any atom is -0.342 e. The Hall–Kier alpha value is -1.84. The van der Waals surface area contributed by atoms with Gasteiger partial charge >= 0.3 is 0 Å². The molecule has 4 heteroatoms. The van der Waals surface area contributed by atoms with Gasteiger partial charge in [-0.2, -0.15) is 0 Å². The molecule has 23 heavy (non-hydrogen) atoms. The lowest BCUT2D eigenvalue weighted by molar-refractivity contribution is -0.147. The molecule has 0 spiro atoms. The van der Waals surface area contributed by atoms with Gasteiger partial charge in [-0.1, -0.05) is 30.3 Å². The Morgan fingerprint density at radius 3 is 2.00 bits per heavy atom. The average Bonchev–Trinajstić information content (AvgIpc) is 3.39. The molecule has 0 aromatic heterocycles. The van der Waals surface area contributed by atoms with Crippen LogP contribution in [0.1, 0.15) is 43.7 Å². The van der Waals surface area contributed by atoms with Crippen molar-refractivity contribution in [1.82, 2.24) is 9.80 Å². The van der Waals surface area contributed by atoms with Gasteiger partial charge in [0.05, 0.1) is 6.04 Å². The van der Waals surface area contributed by atoms with E-state index in [2.05, 4.69) is 12.1 Å². The zero-order valence-electron chi connectivity index (χ0n) is 13.5. The van der Waals surface area contributed by atoms with Gasteiger partial charge in [0.25, 0.3) is 0 Å². The predicted molar refractivity (Wildman–Crippen MR) is 87.5 cm³/mol. The summed E-state index contributed by atoms with van der Waals surface area (Å²) in [5.74, 6) is 1.01. The van der Waals surface area contributed by atoms with Gasteiger partial charge in [-0.3, -0.25) is 9.59 Å². The van der Waals surface area contributed by atoms with Gasteiger partial charge in [0.15, 0.2) is 0 Å². The number of benzene rings is 1. The summed E-state index contributed by atoms with van der Waals surface area (Å²) in [6.07, 6.45) is 4.84. The number of nitrogens with zero attached hydrogens (tertiary/aromatic N) is 2. The molecule has 122 valence electrons. The van der Waals surface area contributed by atoms with Crippen molar-refractivity contribution in [2.75, 3.05) is 19.6 Å². The lowest BCUT2D eigenvalue weighted by Crippen LogP contribution is -2.50. The highest BCUT2D eigenvalue weighted by atomic mass is 16.2. The van der Waals surface area contributed by atoms with Crippen LogP contribution in [-0.4, -0.2) is 41.2 Å². The molecule has 0 N–H and O–H groups in total. The van der Waals surface area contributed by atoms with Gasteiger partial charge in [-0.05, 0) is 37.7 Å². The minimum atomic E-state index is 0.102. The van der Waals surface area contributed by atoms with Crippen molar-refractivity contribution in [3.8, 4) is 0 Å². The summed E-state index contributed by atoms with van der Waals surface area (Å²) in [6.45, 7) is 2.39. The molecule has 3 aliphatic rings. The molecule has 1 aromatic carbocycles. The van der Waals surface area contributed by atoms with Gasteiger partial charge in [0, 0.05) is 31.5 Å². The normalized spacial score (nSPS) is 25.1. The number of amides is 2. The monoisotopic (exact) mass is 312 g/mol. The molecule has 1 aromatic rings. The summed E-state index contributed by atoms with van der Waals surface area (Å²) < 4.78 is 0. The van der Waals surface area contributed by atoms with E-state index in [4.69, 9.17) is 0 Å². The first kappa shape index (κ1) is 14.7. The van der Waals surface area contributed by atoms with Crippen molar-refractivity contribution < 1.29 is 9.59 Å². The maximum atomic E-state index is 12.8. The van der Waals surface area contributed by atoms with Crippen LogP contribution in [0.5, 0.6) is 0 Å². The van der Waals surface area contributed by atoms with Gasteiger partial charge in [0.1, 0.15) is 0 Å². The lowest BCUT2D eigenvalue weighted by atomic mass is 9.89. The molecular weight excluding hydrogens is 288 g/mol. The van der Waals surface area contributed by atoms with Crippen LogP contribution in [0.3, 0.4) is 0 Å². The predicted octanol–water partition coefficient (Wildman–Crippen LogP) is 2.61. The quantitative estimate of drug-likeness (QED) is 0.861. The fourth-order valence-electron chi connectivity index (χ4n) is 3.84. The molecule has 4 nitrogen and oxygen atoms in total. The van der Waals surface area contributed by atoms with Crippen LogP contribution in [0.2, 0.25) is 0 Å². The van der Waals surface area contributed by atoms with E-state index in [-0.39, 0.29) is 12.0 Å². The van der Waals surface area contributed by atoms with Crippen LogP contribution in [0.15, 0.2) is 30.3 Å². The second kappa shape index (κ2) is 5.99. The van der Waals surface area contributed by atoms with Crippen LogP contribution in [-0.2, 0) is 9.59 Å². The number of hydrogen-bond acceptors (Lipinski definition) is 2. The third-order valence-electron chi connectivity index (χ3n) is 5.57. The van der Waals surface area contributed by atoms with Crippen molar-refractivity contribution in [2.45, 2.75) is 38.1 Å². The first-order valence-electron chi connectivity index (χ1n) is 8.88. The van der Waals surface area contributed by atoms with Crippen LogP contribution in [0.4, 0.5) is 0 Å². The molecule has 2 amide bonds. The van der Waals surface area contributed by atoms with E-state index in [1.165, 1.54) is 5.56 Å². The summed E-state index contributed by atoms with van der Waals surface area (Å²) in [5, 5.41) is 0. The van der Waals surface area contributed by atoms with Gasteiger partial charge in [-0.15, -0.1) is 0 Å². The SMILES string of the molecule is O=C(C1CC1)N1CCC(C(=O)N2CC[C@H]2c2ccccc2)CC1. The highest BCUT2D eigenvalue weighted by Gasteiger charge is 2.40. The summed E-state index contributed by atoms with van der Waals surface area (Å²) in [4.78, 5) is 28.9. The maximum absolute atomic E-state index is 12.8. The second-order valence-electron chi connectivity index (χ2n) is 7.12. The van der Waals surface area contributed by atoms with Crippen molar-refractivity contribution >= 4 is 11.8 Å². The van der Waals surface area contributed by atoms with Crippen LogP contribution < -0.4 is 0 Å². The van der Waals surface area contributed by atoms with E-state index >= 15 is 0 Å². The van der Waals surface area contributed by atoms with Gasteiger partial charge in [-0.25, -0.2) is 0 Å². The lowest BCUT2D eigenvalue weighted by Gasteiger charge is -2.44. The Morgan fingerprint density at radius 2 is 1.43 bits per heavy atom.